The van der Waals surface area contributed by atoms with Crippen molar-refractivity contribution in [2.45, 2.75) is 20.3 Å². The molecule has 120 valence electrons. The summed E-state index contributed by atoms with van der Waals surface area (Å²) in [4.78, 5) is 24.4. The fraction of sp³-hybridized carbons (Fsp3) is 0.222. The average molecular weight is 314 g/mol. The fourth-order valence-electron chi connectivity index (χ4n) is 2.15. The molecule has 2 aromatic carbocycles. The van der Waals surface area contributed by atoms with Crippen LogP contribution in [0.2, 0.25) is 0 Å². The second-order valence-electron chi connectivity index (χ2n) is 4.77. The Kier molecular flexibility index (Phi) is 5.36. The van der Waals surface area contributed by atoms with Crippen LogP contribution >= 0.6 is 0 Å². The van der Waals surface area contributed by atoms with E-state index in [0.717, 1.165) is 0 Å². The number of phenolic OH excluding ortho intramolecular Hbond substituents is 1. The molecule has 2 rings (SSSR count). The van der Waals surface area contributed by atoms with E-state index in [1.54, 1.807) is 37.3 Å². The second-order valence-corrected chi connectivity index (χ2v) is 4.77. The van der Waals surface area contributed by atoms with Gasteiger partial charge in [-0.2, -0.15) is 0 Å². The molecule has 0 bridgehead atoms. The summed E-state index contributed by atoms with van der Waals surface area (Å²) in [5, 5.41) is 9.76. The predicted molar refractivity (Wildman–Crippen MR) is 84.8 cm³/mol. The Balaban J connectivity index is 2.40. The summed E-state index contributed by atoms with van der Waals surface area (Å²) in [5.41, 5.74) is 0.933. The third kappa shape index (κ3) is 3.69. The lowest BCUT2D eigenvalue weighted by Gasteiger charge is -2.13. The molecule has 23 heavy (non-hydrogen) atoms. The van der Waals surface area contributed by atoms with Crippen molar-refractivity contribution in [2.24, 2.45) is 0 Å². The van der Waals surface area contributed by atoms with Crippen LogP contribution in [-0.4, -0.2) is 23.7 Å². The van der Waals surface area contributed by atoms with Crippen molar-refractivity contribution in [1.82, 2.24) is 0 Å². The molecule has 0 aromatic heterocycles. The van der Waals surface area contributed by atoms with Crippen LogP contribution in [0.1, 0.15) is 40.1 Å². The number of benzene rings is 2. The molecule has 5 heteroatoms. The van der Waals surface area contributed by atoms with Crippen LogP contribution < -0.4 is 4.74 Å². The van der Waals surface area contributed by atoms with Gasteiger partial charge in [-0.05, 0) is 37.1 Å². The first-order valence-electron chi connectivity index (χ1n) is 7.37. The zero-order chi connectivity index (χ0) is 16.8. The van der Waals surface area contributed by atoms with E-state index < -0.39 is 11.9 Å². The number of esters is 2. The van der Waals surface area contributed by atoms with Crippen molar-refractivity contribution in [2.75, 3.05) is 6.61 Å². The third-order valence-electron chi connectivity index (χ3n) is 3.29. The normalized spacial score (nSPS) is 10.2. The number of aromatic hydroxyl groups is 1. The quantitative estimate of drug-likeness (QED) is 0.677. The van der Waals surface area contributed by atoms with E-state index in [9.17, 15) is 14.7 Å². The minimum atomic E-state index is -0.727. The van der Waals surface area contributed by atoms with Crippen LogP contribution in [0.15, 0.2) is 42.5 Å². The number of hydrogen-bond acceptors (Lipinski definition) is 5. The minimum Gasteiger partial charge on any atom is -0.507 e. The zero-order valence-electron chi connectivity index (χ0n) is 13.0. The zero-order valence-corrected chi connectivity index (χ0v) is 13.0. The van der Waals surface area contributed by atoms with E-state index >= 15 is 0 Å². The van der Waals surface area contributed by atoms with Gasteiger partial charge in [0.2, 0.25) is 0 Å². The molecule has 0 aliphatic heterocycles. The molecule has 0 unspecified atom stereocenters. The monoisotopic (exact) mass is 314 g/mol. The van der Waals surface area contributed by atoms with E-state index in [2.05, 4.69) is 0 Å². The van der Waals surface area contributed by atoms with Gasteiger partial charge in [-0.1, -0.05) is 31.2 Å². The van der Waals surface area contributed by atoms with Crippen LogP contribution in [0.4, 0.5) is 0 Å². The maximum atomic E-state index is 12.3. The van der Waals surface area contributed by atoms with Gasteiger partial charge in [0.05, 0.1) is 6.61 Å². The lowest BCUT2D eigenvalue weighted by atomic mass is 10.1. The summed E-state index contributed by atoms with van der Waals surface area (Å²) in [6.07, 6.45) is 0.580. The van der Waals surface area contributed by atoms with E-state index in [1.165, 1.54) is 12.1 Å². The van der Waals surface area contributed by atoms with Gasteiger partial charge in [0.1, 0.15) is 22.6 Å². The molecule has 5 nitrogen and oxygen atoms in total. The Morgan fingerprint density at radius 1 is 0.957 bits per heavy atom. The number of ether oxygens (including phenoxy) is 2. The van der Waals surface area contributed by atoms with Crippen LogP contribution in [0.5, 0.6) is 11.5 Å². The van der Waals surface area contributed by atoms with Crippen molar-refractivity contribution in [3.05, 3.63) is 59.2 Å². The fourth-order valence-corrected chi connectivity index (χ4v) is 2.15. The highest BCUT2D eigenvalue weighted by molar-refractivity contribution is 5.97. The molecular weight excluding hydrogens is 296 g/mol. The first kappa shape index (κ1) is 16.5. The number of rotatable bonds is 5. The molecule has 0 aliphatic carbocycles. The highest BCUT2D eigenvalue weighted by atomic mass is 16.5. The summed E-state index contributed by atoms with van der Waals surface area (Å²) in [6, 6.07) is 11.1. The Morgan fingerprint density at radius 3 is 2.30 bits per heavy atom. The molecule has 0 atom stereocenters. The Labute approximate surface area is 134 Å². The van der Waals surface area contributed by atoms with Gasteiger partial charge < -0.3 is 14.6 Å². The maximum Gasteiger partial charge on any atom is 0.347 e. The molecule has 0 heterocycles. The summed E-state index contributed by atoms with van der Waals surface area (Å²) in [7, 11) is 0. The average Bonchev–Trinajstić information content (AvgIpc) is 2.55. The van der Waals surface area contributed by atoms with E-state index in [-0.39, 0.29) is 29.2 Å². The van der Waals surface area contributed by atoms with Crippen molar-refractivity contribution in [3.8, 4) is 11.5 Å². The molecule has 0 saturated carbocycles. The Morgan fingerprint density at radius 2 is 1.65 bits per heavy atom. The van der Waals surface area contributed by atoms with Gasteiger partial charge in [0.25, 0.3) is 0 Å². The highest BCUT2D eigenvalue weighted by Gasteiger charge is 2.21. The van der Waals surface area contributed by atoms with Gasteiger partial charge in [-0.3, -0.25) is 0 Å². The number of carbonyl (C=O) groups is 2. The summed E-state index contributed by atoms with van der Waals surface area (Å²) in [6.45, 7) is 3.82. The van der Waals surface area contributed by atoms with E-state index in [0.29, 0.717) is 12.0 Å². The summed E-state index contributed by atoms with van der Waals surface area (Å²) >= 11 is 0. The first-order chi connectivity index (χ1) is 11.1. The van der Waals surface area contributed by atoms with Crippen molar-refractivity contribution in [1.29, 1.82) is 0 Å². The lowest BCUT2D eigenvalue weighted by Crippen LogP contribution is -2.14. The van der Waals surface area contributed by atoms with Gasteiger partial charge in [-0.15, -0.1) is 0 Å². The van der Waals surface area contributed by atoms with Crippen molar-refractivity contribution in [3.63, 3.8) is 0 Å². The number of hydrogen-bond donors (Lipinski definition) is 1. The maximum absolute atomic E-state index is 12.3. The van der Waals surface area contributed by atoms with Crippen LogP contribution in [0, 0.1) is 0 Å². The summed E-state index contributed by atoms with van der Waals surface area (Å²) in [5.74, 6) is -1.29. The summed E-state index contributed by atoms with van der Waals surface area (Å²) < 4.78 is 10.4. The third-order valence-corrected chi connectivity index (χ3v) is 3.29. The van der Waals surface area contributed by atoms with Crippen molar-refractivity contribution < 1.29 is 24.2 Å². The van der Waals surface area contributed by atoms with E-state index in [1.807, 2.05) is 6.92 Å². The van der Waals surface area contributed by atoms with Gasteiger partial charge >= 0.3 is 11.9 Å². The van der Waals surface area contributed by atoms with Gasteiger partial charge in [0.15, 0.2) is 0 Å². The number of aryl methyl sites for hydroxylation is 1. The molecule has 1 N–H and O–H groups in total. The van der Waals surface area contributed by atoms with Crippen LogP contribution in [0.3, 0.4) is 0 Å². The molecule has 0 spiro atoms. The first-order valence-corrected chi connectivity index (χ1v) is 7.37. The smallest absolute Gasteiger partial charge is 0.347 e. The van der Waals surface area contributed by atoms with Gasteiger partial charge in [-0.25, -0.2) is 9.59 Å². The molecule has 0 amide bonds. The SMILES string of the molecule is CCOC(=O)c1cccc(CC)c1OC(=O)c1ccccc1O. The Hall–Kier alpha value is -2.82. The standard InChI is InChI=1S/C18H18O5/c1-3-12-8-7-10-14(17(20)22-4-2)16(12)23-18(21)13-9-5-6-11-15(13)19/h5-11,19H,3-4H2,1-2H3. The predicted octanol–water partition coefficient (Wildman–Crippen LogP) is 3.35. The molecular formula is C18H18O5. The molecule has 2 aromatic rings. The second kappa shape index (κ2) is 7.45. The molecule has 0 saturated heterocycles. The minimum absolute atomic E-state index is 0.0354. The molecule has 0 fully saturated rings. The lowest BCUT2D eigenvalue weighted by molar-refractivity contribution is 0.0520. The Bertz CT molecular complexity index is 721. The number of para-hydroxylation sites is 2. The molecule has 0 aliphatic rings. The highest BCUT2D eigenvalue weighted by Crippen LogP contribution is 2.28. The van der Waals surface area contributed by atoms with Crippen LogP contribution in [0.25, 0.3) is 0 Å². The van der Waals surface area contributed by atoms with Crippen molar-refractivity contribution >= 4 is 11.9 Å². The topological polar surface area (TPSA) is 72.8 Å². The van der Waals surface area contributed by atoms with Gasteiger partial charge in [0, 0.05) is 0 Å². The number of phenols is 1. The van der Waals surface area contributed by atoms with Crippen LogP contribution in [-0.2, 0) is 11.2 Å². The molecule has 0 radical (unpaired) electrons. The number of carbonyl (C=O) groups excluding carboxylic acids is 2. The van der Waals surface area contributed by atoms with E-state index in [4.69, 9.17) is 9.47 Å². The largest absolute Gasteiger partial charge is 0.507 e.